The Kier molecular flexibility index (Phi) is 66.8. The molecule has 0 saturated heterocycles. The molecule has 19 heteroatoms. The van der Waals surface area contributed by atoms with Gasteiger partial charge in [-0.1, -0.05) is 351 Å². The van der Waals surface area contributed by atoms with Crippen molar-refractivity contribution < 1.29 is 80.2 Å². The molecule has 0 aliphatic heterocycles. The SMILES string of the molecule is CCC(C)CCCCCCCCCCCCCCCCCCCCC(=O)O[C@H](COC(=O)CCCCCCCCCCCCC(C)CC)COP(=O)(O)OCC(O)COP(=O)(O)OC[C@@H](COC(=O)CCCCCCCCCCC(C)C)OC(=O)CCCCCCCCCCC(C)C. The molecular formula is C79H154O17P2. The van der Waals surface area contributed by atoms with Gasteiger partial charge in [-0.25, -0.2) is 9.13 Å². The lowest BCUT2D eigenvalue weighted by molar-refractivity contribution is -0.161. The third-order valence-corrected chi connectivity index (χ3v) is 20.9. The van der Waals surface area contributed by atoms with Crippen LogP contribution in [0, 0.1) is 23.7 Å². The van der Waals surface area contributed by atoms with E-state index in [0.29, 0.717) is 25.7 Å². The number of phosphoric ester groups is 2. The van der Waals surface area contributed by atoms with E-state index in [9.17, 15) is 43.2 Å². The predicted molar refractivity (Wildman–Crippen MR) is 400 cm³/mol. The van der Waals surface area contributed by atoms with Gasteiger partial charge in [-0.2, -0.15) is 0 Å². The van der Waals surface area contributed by atoms with E-state index in [1.807, 2.05) is 0 Å². The van der Waals surface area contributed by atoms with E-state index in [1.54, 1.807) is 0 Å². The third kappa shape index (κ3) is 69.8. The van der Waals surface area contributed by atoms with Crippen LogP contribution in [0.5, 0.6) is 0 Å². The van der Waals surface area contributed by atoms with E-state index < -0.39 is 97.5 Å². The molecule has 0 bridgehead atoms. The lowest BCUT2D eigenvalue weighted by atomic mass is 9.99. The van der Waals surface area contributed by atoms with E-state index in [4.69, 9.17) is 37.0 Å². The molecule has 0 aromatic carbocycles. The second kappa shape index (κ2) is 68.2. The quantitative estimate of drug-likeness (QED) is 0.0222. The molecule has 3 N–H and O–H groups in total. The predicted octanol–water partition coefficient (Wildman–Crippen LogP) is 23.2. The van der Waals surface area contributed by atoms with Gasteiger partial charge in [0.15, 0.2) is 12.2 Å². The smallest absolute Gasteiger partial charge is 0.462 e. The molecule has 582 valence electrons. The highest BCUT2D eigenvalue weighted by Crippen LogP contribution is 2.45. The van der Waals surface area contributed by atoms with Crippen molar-refractivity contribution in [2.24, 2.45) is 23.7 Å². The van der Waals surface area contributed by atoms with Gasteiger partial charge >= 0.3 is 39.5 Å². The molecule has 0 aliphatic rings. The maximum absolute atomic E-state index is 13.1. The highest BCUT2D eigenvalue weighted by atomic mass is 31.2. The van der Waals surface area contributed by atoms with Crippen LogP contribution in [0.3, 0.4) is 0 Å². The molecule has 0 spiro atoms. The normalized spacial score (nSPS) is 14.6. The molecule has 98 heavy (non-hydrogen) atoms. The zero-order chi connectivity index (χ0) is 72.4. The molecule has 0 aromatic rings. The van der Waals surface area contributed by atoms with Gasteiger partial charge in [-0.15, -0.1) is 0 Å². The van der Waals surface area contributed by atoms with Crippen LogP contribution in [0.4, 0.5) is 0 Å². The Morgan fingerprint density at radius 3 is 0.724 bits per heavy atom. The Hall–Kier alpha value is -1.94. The minimum Gasteiger partial charge on any atom is -0.462 e. The van der Waals surface area contributed by atoms with Gasteiger partial charge in [0.2, 0.25) is 0 Å². The average Bonchev–Trinajstić information content (AvgIpc) is 1.77. The minimum absolute atomic E-state index is 0.104. The van der Waals surface area contributed by atoms with Crippen molar-refractivity contribution >= 4 is 39.5 Å². The molecule has 0 fully saturated rings. The maximum atomic E-state index is 13.1. The number of carbonyl (C=O) groups is 4. The zero-order valence-corrected chi connectivity index (χ0v) is 66.2. The third-order valence-electron chi connectivity index (χ3n) is 19.0. The highest BCUT2D eigenvalue weighted by Gasteiger charge is 2.30. The summed E-state index contributed by atoms with van der Waals surface area (Å²) in [6.45, 7) is 14.2. The van der Waals surface area contributed by atoms with Gasteiger partial charge in [-0.3, -0.25) is 37.3 Å². The summed E-state index contributed by atoms with van der Waals surface area (Å²) in [6, 6.07) is 0. The highest BCUT2D eigenvalue weighted by molar-refractivity contribution is 7.47. The van der Waals surface area contributed by atoms with Crippen LogP contribution >= 0.6 is 15.6 Å². The topological polar surface area (TPSA) is 237 Å². The van der Waals surface area contributed by atoms with Crippen molar-refractivity contribution in [1.82, 2.24) is 0 Å². The average molecular weight is 1440 g/mol. The summed E-state index contributed by atoms with van der Waals surface area (Å²) in [5, 5.41) is 10.6. The van der Waals surface area contributed by atoms with Crippen LogP contribution < -0.4 is 0 Å². The second-order valence-electron chi connectivity index (χ2n) is 29.9. The van der Waals surface area contributed by atoms with Crippen LogP contribution in [0.1, 0.15) is 402 Å². The zero-order valence-electron chi connectivity index (χ0n) is 64.4. The molecular weight excluding hydrogens is 1280 g/mol. The number of aliphatic hydroxyl groups is 1. The van der Waals surface area contributed by atoms with Crippen LogP contribution in [0.15, 0.2) is 0 Å². The van der Waals surface area contributed by atoms with Crippen LogP contribution in [-0.4, -0.2) is 96.7 Å². The van der Waals surface area contributed by atoms with Crippen LogP contribution in [-0.2, 0) is 65.4 Å². The Morgan fingerprint density at radius 2 is 0.490 bits per heavy atom. The van der Waals surface area contributed by atoms with Crippen molar-refractivity contribution in [3.63, 3.8) is 0 Å². The molecule has 17 nitrogen and oxygen atoms in total. The number of rotatable bonds is 76. The van der Waals surface area contributed by atoms with E-state index >= 15 is 0 Å². The lowest BCUT2D eigenvalue weighted by Crippen LogP contribution is -2.30. The summed E-state index contributed by atoms with van der Waals surface area (Å²) in [5.41, 5.74) is 0. The first-order valence-electron chi connectivity index (χ1n) is 40.8. The maximum Gasteiger partial charge on any atom is 0.472 e. The van der Waals surface area contributed by atoms with Crippen molar-refractivity contribution in [3.8, 4) is 0 Å². The fourth-order valence-corrected chi connectivity index (χ4v) is 13.6. The fraction of sp³-hybridized carbons (Fsp3) is 0.949. The van der Waals surface area contributed by atoms with Gasteiger partial charge in [0.05, 0.1) is 26.4 Å². The molecule has 0 amide bonds. The molecule has 0 aliphatic carbocycles. The number of esters is 4. The monoisotopic (exact) mass is 1440 g/mol. The summed E-state index contributed by atoms with van der Waals surface area (Å²) in [7, 11) is -9.92. The Balaban J connectivity index is 5.21. The Bertz CT molecular complexity index is 1920. The molecule has 0 radical (unpaired) electrons. The number of ether oxygens (including phenoxy) is 4. The molecule has 0 rings (SSSR count). The number of hydrogen-bond acceptors (Lipinski definition) is 15. The Labute approximate surface area is 600 Å². The minimum atomic E-state index is -4.96. The Morgan fingerprint density at radius 1 is 0.286 bits per heavy atom. The van der Waals surface area contributed by atoms with Gasteiger partial charge in [-0.05, 0) is 49.4 Å². The summed E-state index contributed by atoms with van der Waals surface area (Å²) in [5.74, 6) is 1.01. The van der Waals surface area contributed by atoms with Gasteiger partial charge in [0, 0.05) is 25.7 Å². The second-order valence-corrected chi connectivity index (χ2v) is 32.8. The van der Waals surface area contributed by atoms with Gasteiger partial charge in [0.1, 0.15) is 19.3 Å². The lowest BCUT2D eigenvalue weighted by Gasteiger charge is -2.21. The van der Waals surface area contributed by atoms with E-state index in [1.165, 1.54) is 205 Å². The summed E-state index contributed by atoms with van der Waals surface area (Å²) in [6.07, 6.45) is 54.2. The van der Waals surface area contributed by atoms with Crippen LogP contribution in [0.2, 0.25) is 0 Å². The first kappa shape index (κ1) is 96.1. The van der Waals surface area contributed by atoms with E-state index in [2.05, 4.69) is 55.4 Å². The first-order valence-corrected chi connectivity index (χ1v) is 43.8. The molecule has 0 saturated carbocycles. The first-order chi connectivity index (χ1) is 47.2. The number of phosphoric acid groups is 2. The van der Waals surface area contributed by atoms with Crippen molar-refractivity contribution in [2.45, 2.75) is 420 Å². The number of carbonyl (C=O) groups excluding carboxylic acids is 4. The standard InChI is InChI=1S/C79H154O17P2/c1-9-71(7)57-49-41-33-23-19-17-15-13-11-12-14-16-18-20-26-37-45-53-61-78(83)95-74(65-89-76(81)59-51-43-35-25-22-21-24-34-42-50-58-72(8)10-2)67-93-97(85,86)91-63-73(80)64-92-98(87,88)94-68-75(96-79(84)62-54-46-38-30-28-32-40-48-56-70(5)6)66-90-77(82)60-52-44-36-29-27-31-39-47-55-69(3)4/h69-75,80H,9-68H2,1-8H3,(H,85,86)(H,87,88)/t71?,72?,73?,74-,75-/m1/s1. The summed E-state index contributed by atoms with van der Waals surface area (Å²) < 4.78 is 68.6. The van der Waals surface area contributed by atoms with Crippen molar-refractivity contribution in [2.75, 3.05) is 39.6 Å². The number of hydrogen-bond donors (Lipinski definition) is 3. The van der Waals surface area contributed by atoms with Gasteiger partial charge in [0.25, 0.3) is 0 Å². The number of aliphatic hydroxyl groups excluding tert-OH is 1. The fourth-order valence-electron chi connectivity index (χ4n) is 12.0. The molecule has 7 atom stereocenters. The van der Waals surface area contributed by atoms with Crippen molar-refractivity contribution in [3.05, 3.63) is 0 Å². The molecule has 5 unspecified atom stereocenters. The summed E-state index contributed by atoms with van der Waals surface area (Å²) >= 11 is 0. The van der Waals surface area contributed by atoms with Gasteiger partial charge < -0.3 is 33.8 Å². The largest absolute Gasteiger partial charge is 0.472 e. The van der Waals surface area contributed by atoms with E-state index in [-0.39, 0.29) is 25.7 Å². The van der Waals surface area contributed by atoms with Crippen molar-refractivity contribution in [1.29, 1.82) is 0 Å². The van der Waals surface area contributed by atoms with Crippen LogP contribution in [0.25, 0.3) is 0 Å². The molecule has 0 aromatic heterocycles. The summed E-state index contributed by atoms with van der Waals surface area (Å²) in [4.78, 5) is 72.9. The number of unbranched alkanes of at least 4 members (excludes halogenated alkanes) is 40. The molecule has 0 heterocycles. The van der Waals surface area contributed by atoms with E-state index in [0.717, 1.165) is 114 Å².